The van der Waals surface area contributed by atoms with E-state index in [2.05, 4.69) is 58.9 Å². The summed E-state index contributed by atoms with van der Waals surface area (Å²) in [6, 6.07) is 15.1. The van der Waals surface area contributed by atoms with Crippen molar-refractivity contribution in [1.82, 2.24) is 9.88 Å². The van der Waals surface area contributed by atoms with Gasteiger partial charge in [0.1, 0.15) is 5.75 Å². The number of fused-ring (bicyclic) bond motifs is 1. The van der Waals surface area contributed by atoms with E-state index in [-0.39, 0.29) is 5.92 Å². The Kier molecular flexibility index (Phi) is 6.63. The molecule has 1 atom stereocenters. The van der Waals surface area contributed by atoms with Gasteiger partial charge in [-0.2, -0.15) is 0 Å². The van der Waals surface area contributed by atoms with Crippen molar-refractivity contribution >= 4 is 38.3 Å². The van der Waals surface area contributed by atoms with E-state index in [0.717, 1.165) is 66.7 Å². The quantitative estimate of drug-likeness (QED) is 0.519. The number of thiazole rings is 1. The summed E-state index contributed by atoms with van der Waals surface area (Å²) >= 11 is 1.71. The fraction of sp³-hybridized carbons (Fsp3) is 0.481. The number of amides is 1. The molecular formula is C27H34N4O2S. The topological polar surface area (TPSA) is 48.9 Å². The summed E-state index contributed by atoms with van der Waals surface area (Å²) in [6.45, 7) is 11.3. The van der Waals surface area contributed by atoms with Gasteiger partial charge < -0.3 is 19.4 Å². The predicted octanol–water partition coefficient (Wildman–Crippen LogP) is 4.96. The van der Waals surface area contributed by atoms with Gasteiger partial charge in [-0.15, -0.1) is 0 Å². The van der Waals surface area contributed by atoms with Gasteiger partial charge >= 0.3 is 0 Å². The summed E-state index contributed by atoms with van der Waals surface area (Å²) in [5, 5.41) is 1.05. The molecule has 0 aliphatic carbocycles. The fourth-order valence-electron chi connectivity index (χ4n) is 5.21. The van der Waals surface area contributed by atoms with E-state index in [0.29, 0.717) is 18.6 Å². The van der Waals surface area contributed by atoms with Crippen molar-refractivity contribution in [3.05, 3.63) is 48.0 Å². The number of carbonyl (C=O) groups is 1. The number of hydrogen-bond acceptors (Lipinski definition) is 6. The Balaban J connectivity index is 1.17. The average molecular weight is 479 g/mol. The zero-order valence-electron chi connectivity index (χ0n) is 20.4. The average Bonchev–Trinajstić information content (AvgIpc) is 3.27. The molecule has 1 unspecified atom stereocenters. The summed E-state index contributed by atoms with van der Waals surface area (Å²) in [5.41, 5.74) is 3.55. The molecule has 0 spiro atoms. The highest BCUT2D eigenvalue weighted by Gasteiger charge is 2.33. The number of piperazine rings is 1. The lowest BCUT2D eigenvalue weighted by Crippen LogP contribution is -2.55. The van der Waals surface area contributed by atoms with E-state index in [9.17, 15) is 4.79 Å². The van der Waals surface area contributed by atoms with Crippen LogP contribution in [-0.4, -0.2) is 61.2 Å². The minimum Gasteiger partial charge on any atom is -0.494 e. The second kappa shape index (κ2) is 9.82. The maximum Gasteiger partial charge on any atom is 0.225 e. The van der Waals surface area contributed by atoms with Crippen molar-refractivity contribution in [2.24, 2.45) is 5.92 Å². The third-order valence-electron chi connectivity index (χ3n) is 7.05. The van der Waals surface area contributed by atoms with Crippen LogP contribution in [-0.2, 0) is 4.79 Å². The van der Waals surface area contributed by atoms with Gasteiger partial charge in [0.2, 0.25) is 5.91 Å². The van der Waals surface area contributed by atoms with Gasteiger partial charge in [-0.25, -0.2) is 4.98 Å². The summed E-state index contributed by atoms with van der Waals surface area (Å²) in [6.07, 6.45) is 1.79. The largest absolute Gasteiger partial charge is 0.494 e. The van der Waals surface area contributed by atoms with E-state index < -0.39 is 0 Å². The Morgan fingerprint density at radius 2 is 1.94 bits per heavy atom. The number of piperidine rings is 1. The molecule has 1 amide bonds. The molecule has 180 valence electrons. The lowest BCUT2D eigenvalue weighted by Gasteiger charge is -2.43. The molecule has 6 nitrogen and oxygen atoms in total. The molecule has 2 aromatic carbocycles. The zero-order chi connectivity index (χ0) is 23.7. The molecule has 7 heteroatoms. The lowest BCUT2D eigenvalue weighted by molar-refractivity contribution is -0.137. The van der Waals surface area contributed by atoms with Crippen molar-refractivity contribution in [2.75, 3.05) is 49.1 Å². The molecule has 5 rings (SSSR count). The monoisotopic (exact) mass is 478 g/mol. The molecule has 0 bridgehead atoms. The Morgan fingerprint density at radius 3 is 2.68 bits per heavy atom. The number of nitrogens with zero attached hydrogens (tertiary/aromatic N) is 4. The maximum atomic E-state index is 13.3. The zero-order valence-corrected chi connectivity index (χ0v) is 21.2. The Hall–Kier alpha value is -2.80. The molecule has 0 saturated carbocycles. The van der Waals surface area contributed by atoms with Crippen LogP contribution in [0.4, 0.5) is 10.8 Å². The third kappa shape index (κ3) is 4.71. The minimum absolute atomic E-state index is 0.118. The van der Waals surface area contributed by atoms with Gasteiger partial charge in [-0.1, -0.05) is 23.5 Å². The second-order valence-corrected chi connectivity index (χ2v) is 10.5. The number of carbonyl (C=O) groups excluding carboxylic acids is 1. The van der Waals surface area contributed by atoms with Crippen LogP contribution in [0, 0.1) is 12.8 Å². The van der Waals surface area contributed by atoms with Gasteiger partial charge in [-0.05, 0) is 69.5 Å². The van der Waals surface area contributed by atoms with E-state index in [4.69, 9.17) is 9.72 Å². The van der Waals surface area contributed by atoms with Crippen LogP contribution < -0.4 is 14.5 Å². The van der Waals surface area contributed by atoms with Gasteiger partial charge in [0.15, 0.2) is 5.13 Å². The molecule has 0 radical (unpaired) electrons. The van der Waals surface area contributed by atoms with Crippen molar-refractivity contribution in [1.29, 1.82) is 0 Å². The molecule has 3 aromatic rings. The lowest BCUT2D eigenvalue weighted by atomic mass is 9.95. The first-order valence-electron chi connectivity index (χ1n) is 12.4. The molecule has 2 aliphatic heterocycles. The summed E-state index contributed by atoms with van der Waals surface area (Å²) in [7, 11) is 0. The van der Waals surface area contributed by atoms with E-state index in [1.54, 1.807) is 11.3 Å². The van der Waals surface area contributed by atoms with Crippen LogP contribution in [0.5, 0.6) is 5.75 Å². The highest BCUT2D eigenvalue weighted by atomic mass is 32.1. The number of hydrogen-bond donors (Lipinski definition) is 0. The van der Waals surface area contributed by atoms with Crippen LogP contribution in [0.25, 0.3) is 10.2 Å². The Labute approximate surface area is 206 Å². The number of anilines is 2. The smallest absolute Gasteiger partial charge is 0.225 e. The summed E-state index contributed by atoms with van der Waals surface area (Å²) < 4.78 is 6.78. The van der Waals surface area contributed by atoms with Crippen molar-refractivity contribution < 1.29 is 9.53 Å². The van der Waals surface area contributed by atoms with Gasteiger partial charge in [-0.3, -0.25) is 4.79 Å². The van der Waals surface area contributed by atoms with Gasteiger partial charge in [0.05, 0.1) is 16.8 Å². The van der Waals surface area contributed by atoms with Gasteiger partial charge in [0, 0.05) is 50.4 Å². The molecule has 1 aromatic heterocycles. The Bertz CT molecular complexity index is 1150. The van der Waals surface area contributed by atoms with Crippen LogP contribution >= 0.6 is 11.3 Å². The molecule has 2 saturated heterocycles. The molecular weight excluding hydrogens is 444 g/mol. The first-order chi connectivity index (χ1) is 16.5. The highest BCUT2D eigenvalue weighted by Crippen LogP contribution is 2.34. The van der Waals surface area contributed by atoms with Crippen LogP contribution in [0.3, 0.4) is 0 Å². The second-order valence-electron chi connectivity index (χ2n) is 9.49. The minimum atomic E-state index is 0.118. The number of benzene rings is 2. The first-order valence-corrected chi connectivity index (χ1v) is 13.2. The SMILES string of the molecule is CCOc1ccc2nc(N3CCC(C(=O)N4CCN(c5cccc(C)c5)C(C)C4)CC3)sc2c1. The first kappa shape index (κ1) is 23.0. The van der Waals surface area contributed by atoms with Crippen LogP contribution in [0.1, 0.15) is 32.3 Å². The molecule has 0 N–H and O–H groups in total. The fourth-order valence-corrected chi connectivity index (χ4v) is 6.25. The van der Waals surface area contributed by atoms with E-state index in [1.807, 2.05) is 19.1 Å². The number of ether oxygens (including phenoxy) is 1. The van der Waals surface area contributed by atoms with Crippen molar-refractivity contribution in [3.8, 4) is 5.75 Å². The summed E-state index contributed by atoms with van der Waals surface area (Å²) in [4.78, 5) is 25.1. The standard InChI is InChI=1S/C27H34N4O2S/c1-4-33-23-8-9-24-25(17-23)34-27(28-24)29-12-10-21(11-13-29)26(32)30-14-15-31(20(3)18-30)22-7-5-6-19(2)16-22/h5-9,16-17,20-21H,4,10-15,18H2,1-3H3. The number of rotatable bonds is 5. The van der Waals surface area contributed by atoms with Gasteiger partial charge in [0.25, 0.3) is 0 Å². The maximum absolute atomic E-state index is 13.3. The Morgan fingerprint density at radius 1 is 1.12 bits per heavy atom. The highest BCUT2D eigenvalue weighted by molar-refractivity contribution is 7.22. The van der Waals surface area contributed by atoms with Crippen molar-refractivity contribution in [3.63, 3.8) is 0 Å². The van der Waals surface area contributed by atoms with Crippen LogP contribution in [0.2, 0.25) is 0 Å². The number of aromatic nitrogens is 1. The molecule has 2 aliphatic rings. The molecule has 3 heterocycles. The van der Waals surface area contributed by atoms with Crippen LogP contribution in [0.15, 0.2) is 42.5 Å². The normalized spacial score (nSPS) is 19.6. The van der Waals surface area contributed by atoms with E-state index in [1.165, 1.54) is 11.3 Å². The molecule has 34 heavy (non-hydrogen) atoms. The number of aryl methyl sites for hydroxylation is 1. The third-order valence-corrected chi connectivity index (χ3v) is 8.13. The molecule has 2 fully saturated rings. The van der Waals surface area contributed by atoms with E-state index >= 15 is 0 Å². The predicted molar refractivity (Wildman–Crippen MR) is 140 cm³/mol. The summed E-state index contributed by atoms with van der Waals surface area (Å²) in [5.74, 6) is 1.35. The van der Waals surface area contributed by atoms with Crippen molar-refractivity contribution in [2.45, 2.75) is 39.7 Å².